The summed E-state index contributed by atoms with van der Waals surface area (Å²) in [5.74, 6) is -1.26. The van der Waals surface area contributed by atoms with Gasteiger partial charge in [-0.3, -0.25) is 4.79 Å². The minimum absolute atomic E-state index is 0.311. The van der Waals surface area contributed by atoms with Crippen molar-refractivity contribution in [3.05, 3.63) is 57.2 Å². The van der Waals surface area contributed by atoms with E-state index in [0.717, 1.165) is 4.88 Å². The highest BCUT2D eigenvalue weighted by molar-refractivity contribution is 7.99. The predicted octanol–water partition coefficient (Wildman–Crippen LogP) is 2.41. The first kappa shape index (κ1) is 15.4. The van der Waals surface area contributed by atoms with Crippen molar-refractivity contribution < 1.29 is 14.7 Å². The molecule has 1 amide bonds. The lowest BCUT2D eigenvalue weighted by molar-refractivity contribution is -0.310. The molecule has 7 heteroatoms. The van der Waals surface area contributed by atoms with Gasteiger partial charge in [0.15, 0.2) is 0 Å². The molecule has 0 radical (unpaired) electrons. The molecule has 0 N–H and O–H groups in total. The van der Waals surface area contributed by atoms with Crippen LogP contribution in [0, 0.1) is 0 Å². The molecule has 1 aliphatic heterocycles. The summed E-state index contributed by atoms with van der Waals surface area (Å²) in [4.78, 5) is 26.5. The van der Waals surface area contributed by atoms with Crippen LogP contribution in [-0.2, 0) is 4.79 Å². The summed E-state index contributed by atoms with van der Waals surface area (Å²) in [6, 6.07) is 9.37. The Balaban J connectivity index is 1.98. The van der Waals surface area contributed by atoms with Crippen LogP contribution in [0.5, 0.6) is 0 Å². The Labute approximate surface area is 140 Å². The average molecular weight is 353 g/mol. The number of thioether (sulfide) groups is 1. The number of amides is 1. The smallest absolute Gasteiger partial charge is 0.255 e. The van der Waals surface area contributed by atoms with Crippen molar-refractivity contribution >= 4 is 46.6 Å². The molecule has 0 aliphatic carbocycles. The number of rotatable bonds is 3. The van der Waals surface area contributed by atoms with Crippen LogP contribution >= 0.6 is 34.7 Å². The van der Waals surface area contributed by atoms with Crippen LogP contribution in [0.3, 0.4) is 0 Å². The van der Waals surface area contributed by atoms with Gasteiger partial charge in [0.25, 0.3) is 5.91 Å². The fourth-order valence-corrected chi connectivity index (χ4v) is 4.93. The van der Waals surface area contributed by atoms with Crippen molar-refractivity contribution in [1.29, 1.82) is 0 Å². The van der Waals surface area contributed by atoms with E-state index in [0.29, 0.717) is 16.3 Å². The lowest BCUT2D eigenvalue weighted by Crippen LogP contribution is -2.48. The molecule has 1 fully saturated rings. The molecule has 2 atom stereocenters. The molecule has 0 bridgehead atoms. The summed E-state index contributed by atoms with van der Waals surface area (Å²) in [6.07, 6.45) is 0. The van der Waals surface area contributed by atoms with E-state index in [1.807, 2.05) is 17.5 Å². The molecule has 1 aromatic carbocycles. The van der Waals surface area contributed by atoms with Crippen LogP contribution in [-0.4, -0.2) is 28.6 Å². The quantitative estimate of drug-likeness (QED) is 0.851. The van der Waals surface area contributed by atoms with Gasteiger partial charge in [0.1, 0.15) is 5.37 Å². The largest absolute Gasteiger partial charge is 0.548 e. The summed E-state index contributed by atoms with van der Waals surface area (Å²) in [7, 11) is 0. The standard InChI is InChI=1S/C15H12ClNO3S2/c16-10-4-1-3-9(7-10)13(18)17-11(15(19)20)8-22-14(17)12-5-2-6-21-12/h1-7,11,14H,8H2,(H,19,20)/p-1/t11-,14+/m1/s1. The second-order valence-corrected chi connectivity index (χ2v) is 7.29. The van der Waals surface area contributed by atoms with Crippen molar-refractivity contribution in [2.75, 3.05) is 5.75 Å². The average Bonchev–Trinajstić information content (AvgIpc) is 3.15. The molecule has 0 unspecified atom stereocenters. The van der Waals surface area contributed by atoms with Crippen LogP contribution in [0.4, 0.5) is 0 Å². The zero-order chi connectivity index (χ0) is 15.7. The van der Waals surface area contributed by atoms with Crippen molar-refractivity contribution in [2.24, 2.45) is 0 Å². The number of carbonyl (C=O) groups is 2. The van der Waals surface area contributed by atoms with Crippen LogP contribution < -0.4 is 5.11 Å². The normalized spacial score (nSPS) is 21.0. The number of carboxylic acids is 1. The fraction of sp³-hybridized carbons (Fsp3) is 0.200. The van der Waals surface area contributed by atoms with E-state index >= 15 is 0 Å². The molecule has 2 aromatic rings. The number of thiophene rings is 1. The lowest BCUT2D eigenvalue weighted by Gasteiger charge is -2.29. The van der Waals surface area contributed by atoms with Crippen molar-refractivity contribution in [3.63, 3.8) is 0 Å². The number of carboxylic acid groups (broad SMARTS) is 1. The highest BCUT2D eigenvalue weighted by Gasteiger charge is 2.40. The van der Waals surface area contributed by atoms with Gasteiger partial charge < -0.3 is 14.8 Å². The molecule has 1 saturated heterocycles. The Morgan fingerprint density at radius 3 is 2.73 bits per heavy atom. The van der Waals surface area contributed by atoms with E-state index in [1.165, 1.54) is 28.0 Å². The Morgan fingerprint density at radius 1 is 1.27 bits per heavy atom. The van der Waals surface area contributed by atoms with Crippen LogP contribution in [0.25, 0.3) is 0 Å². The van der Waals surface area contributed by atoms with Crippen LogP contribution in [0.15, 0.2) is 41.8 Å². The predicted molar refractivity (Wildman–Crippen MR) is 85.9 cm³/mol. The van der Waals surface area contributed by atoms with Crippen LogP contribution in [0.1, 0.15) is 20.6 Å². The molecule has 4 nitrogen and oxygen atoms in total. The van der Waals surface area contributed by atoms with E-state index in [1.54, 1.807) is 24.3 Å². The Kier molecular flexibility index (Phi) is 4.42. The number of carbonyl (C=O) groups excluding carboxylic acids is 2. The van der Waals surface area contributed by atoms with E-state index in [-0.39, 0.29) is 11.3 Å². The number of hydrogen-bond donors (Lipinski definition) is 0. The molecule has 1 aromatic heterocycles. The van der Waals surface area contributed by atoms with Gasteiger partial charge in [-0.05, 0) is 29.6 Å². The zero-order valence-electron chi connectivity index (χ0n) is 11.3. The third-order valence-electron chi connectivity index (χ3n) is 3.37. The molecule has 0 spiro atoms. The SMILES string of the molecule is O=C([O-])[C@H]1CS[C@@H](c2cccs2)N1C(=O)c1cccc(Cl)c1. The Morgan fingerprint density at radius 2 is 2.09 bits per heavy atom. The first-order chi connectivity index (χ1) is 10.6. The molecule has 3 rings (SSSR count). The van der Waals surface area contributed by atoms with Gasteiger partial charge in [-0.2, -0.15) is 0 Å². The van der Waals surface area contributed by atoms with E-state index in [9.17, 15) is 14.7 Å². The molecule has 1 aliphatic rings. The minimum atomic E-state index is -1.23. The van der Waals surface area contributed by atoms with Gasteiger partial charge in [0.05, 0.1) is 12.0 Å². The first-order valence-corrected chi connectivity index (χ1v) is 8.82. The molecule has 2 heterocycles. The zero-order valence-corrected chi connectivity index (χ0v) is 13.7. The minimum Gasteiger partial charge on any atom is -0.548 e. The number of halogens is 1. The van der Waals surface area contributed by atoms with Crippen molar-refractivity contribution in [1.82, 2.24) is 4.90 Å². The van der Waals surface area contributed by atoms with Gasteiger partial charge >= 0.3 is 0 Å². The fourth-order valence-electron chi connectivity index (χ4n) is 2.36. The van der Waals surface area contributed by atoms with E-state index in [2.05, 4.69) is 0 Å². The molecule has 0 saturated carbocycles. The molecular formula is C15H11ClNO3S2-. The molecule has 22 heavy (non-hydrogen) atoms. The van der Waals surface area contributed by atoms with Crippen molar-refractivity contribution in [2.45, 2.75) is 11.4 Å². The Hall–Kier alpha value is -1.50. The topological polar surface area (TPSA) is 60.4 Å². The molecule has 114 valence electrons. The highest BCUT2D eigenvalue weighted by atomic mass is 35.5. The van der Waals surface area contributed by atoms with Gasteiger partial charge in [-0.15, -0.1) is 23.1 Å². The van der Waals surface area contributed by atoms with Gasteiger partial charge in [-0.1, -0.05) is 23.7 Å². The lowest BCUT2D eigenvalue weighted by atomic mass is 10.1. The van der Waals surface area contributed by atoms with Gasteiger partial charge in [-0.25, -0.2) is 0 Å². The summed E-state index contributed by atoms with van der Waals surface area (Å²) in [6.45, 7) is 0. The monoisotopic (exact) mass is 352 g/mol. The third-order valence-corrected chi connectivity index (χ3v) is 5.98. The first-order valence-electron chi connectivity index (χ1n) is 6.52. The number of benzene rings is 1. The van der Waals surface area contributed by atoms with Gasteiger partial charge in [0.2, 0.25) is 0 Å². The van der Waals surface area contributed by atoms with Gasteiger partial charge in [0, 0.05) is 21.2 Å². The van der Waals surface area contributed by atoms with Crippen LogP contribution in [0.2, 0.25) is 5.02 Å². The maximum absolute atomic E-state index is 12.8. The Bertz CT molecular complexity index is 705. The number of nitrogens with zero attached hydrogens (tertiary/aromatic N) is 1. The third kappa shape index (κ3) is 2.86. The summed E-state index contributed by atoms with van der Waals surface area (Å²) >= 11 is 8.86. The van der Waals surface area contributed by atoms with E-state index < -0.39 is 12.0 Å². The van der Waals surface area contributed by atoms with Crippen molar-refractivity contribution in [3.8, 4) is 0 Å². The molecular weight excluding hydrogens is 342 g/mol. The number of aliphatic carboxylic acids is 1. The summed E-state index contributed by atoms with van der Waals surface area (Å²) in [5, 5.41) is 13.4. The maximum Gasteiger partial charge on any atom is 0.255 e. The van der Waals surface area contributed by atoms with E-state index in [4.69, 9.17) is 11.6 Å². The highest BCUT2D eigenvalue weighted by Crippen LogP contribution is 2.43. The maximum atomic E-state index is 12.8. The summed E-state index contributed by atoms with van der Waals surface area (Å²) in [5.41, 5.74) is 0.378. The summed E-state index contributed by atoms with van der Waals surface area (Å²) < 4.78 is 0. The second-order valence-electron chi connectivity index (χ2n) is 4.76. The number of hydrogen-bond acceptors (Lipinski definition) is 5. The second kappa shape index (κ2) is 6.32.